The van der Waals surface area contributed by atoms with Crippen LogP contribution in [0.25, 0.3) is 0 Å². The maximum atomic E-state index is 10.1. The minimum Gasteiger partial charge on any atom is -0.242 e. The molecule has 0 aliphatic carbocycles. The second kappa shape index (κ2) is 11.9. The molecule has 0 saturated carbocycles. The second-order valence-electron chi connectivity index (χ2n) is 5.17. The molecule has 1 aromatic rings. The lowest BCUT2D eigenvalue weighted by Crippen LogP contribution is -1.89. The highest BCUT2D eigenvalue weighted by Crippen LogP contribution is 2.14. The first kappa shape index (κ1) is 17.2. The summed E-state index contributed by atoms with van der Waals surface area (Å²) >= 11 is 3.46. The van der Waals surface area contributed by atoms with Crippen LogP contribution in [-0.4, -0.2) is 5.33 Å². The summed E-state index contributed by atoms with van der Waals surface area (Å²) in [7, 11) is 0. The summed E-state index contributed by atoms with van der Waals surface area (Å²) in [6.45, 7) is 0. The van der Waals surface area contributed by atoms with Crippen molar-refractivity contribution in [3.8, 4) is 0 Å². The van der Waals surface area contributed by atoms with E-state index in [9.17, 15) is 4.91 Å². The van der Waals surface area contributed by atoms with E-state index >= 15 is 0 Å². The molecule has 0 radical (unpaired) electrons. The number of nitroso groups, excluding NO2 is 1. The topological polar surface area (TPSA) is 41.5 Å². The van der Waals surface area contributed by atoms with Crippen LogP contribution in [0.2, 0.25) is 0 Å². The highest BCUT2D eigenvalue weighted by Gasteiger charge is 1.96. The van der Waals surface area contributed by atoms with Crippen molar-refractivity contribution in [3.05, 3.63) is 34.7 Å². The summed E-state index contributed by atoms with van der Waals surface area (Å²) in [6.07, 6.45) is 11.8. The zero-order chi connectivity index (χ0) is 14.5. The van der Waals surface area contributed by atoms with Crippen molar-refractivity contribution in [2.75, 3.05) is 10.8 Å². The zero-order valence-corrected chi connectivity index (χ0v) is 13.7. The number of hydrogen-bond acceptors (Lipinski definition) is 2. The maximum Gasteiger partial charge on any atom is 0.0594 e. The molecule has 0 heterocycles. The van der Waals surface area contributed by atoms with Crippen LogP contribution in [0.4, 0.5) is 5.69 Å². The van der Waals surface area contributed by atoms with E-state index in [0.717, 1.165) is 17.4 Å². The molecular formula is C16H25BrN2O. The van der Waals surface area contributed by atoms with Crippen molar-refractivity contribution < 1.29 is 0 Å². The molecule has 0 aliphatic heterocycles. The molecule has 0 bridgehead atoms. The Bertz CT molecular complexity index is 354. The monoisotopic (exact) mass is 340 g/mol. The highest BCUT2D eigenvalue weighted by molar-refractivity contribution is 9.09. The summed E-state index contributed by atoms with van der Waals surface area (Å²) in [5.74, 6) is 0. The molecule has 0 aliphatic rings. The molecule has 0 aromatic heterocycles. The van der Waals surface area contributed by atoms with E-state index in [1.54, 1.807) is 0 Å². The predicted octanol–water partition coefficient (Wildman–Crippen LogP) is 5.84. The molecule has 0 spiro atoms. The molecule has 3 nitrogen and oxygen atoms in total. The largest absolute Gasteiger partial charge is 0.242 e. The van der Waals surface area contributed by atoms with Crippen molar-refractivity contribution in [2.24, 2.45) is 5.29 Å². The fourth-order valence-electron chi connectivity index (χ4n) is 2.28. The summed E-state index contributed by atoms with van der Waals surface area (Å²) in [4.78, 5) is 10.1. The lowest BCUT2D eigenvalue weighted by molar-refractivity contribution is 0.577. The molecule has 0 fully saturated rings. The zero-order valence-electron chi connectivity index (χ0n) is 12.1. The van der Waals surface area contributed by atoms with Gasteiger partial charge in [0.15, 0.2) is 0 Å². The van der Waals surface area contributed by atoms with Gasteiger partial charge in [-0.05, 0) is 37.0 Å². The number of rotatable bonds is 12. The first-order valence-corrected chi connectivity index (χ1v) is 8.72. The number of unbranched alkanes of at least 4 members (excludes halogenated alkanes) is 7. The van der Waals surface area contributed by atoms with E-state index in [1.165, 1.54) is 56.9 Å². The van der Waals surface area contributed by atoms with Gasteiger partial charge in [-0.2, -0.15) is 0 Å². The van der Waals surface area contributed by atoms with Crippen LogP contribution in [0.5, 0.6) is 0 Å². The van der Waals surface area contributed by atoms with Crippen molar-refractivity contribution in [3.63, 3.8) is 0 Å². The average Bonchev–Trinajstić information content (AvgIpc) is 2.47. The summed E-state index contributed by atoms with van der Waals surface area (Å²) < 4.78 is 0. The van der Waals surface area contributed by atoms with Gasteiger partial charge in [-0.1, -0.05) is 66.6 Å². The fraction of sp³-hybridized carbons (Fsp3) is 0.625. The molecule has 112 valence electrons. The van der Waals surface area contributed by atoms with Crippen molar-refractivity contribution in [2.45, 2.75) is 57.8 Å². The molecule has 0 amide bonds. The summed E-state index contributed by atoms with van der Waals surface area (Å²) in [5.41, 5.74) is 4.50. The molecule has 0 atom stereocenters. The quantitative estimate of drug-likeness (QED) is 0.225. The van der Waals surface area contributed by atoms with Crippen LogP contribution in [-0.2, 0) is 6.42 Å². The number of anilines is 1. The van der Waals surface area contributed by atoms with E-state index in [1.807, 2.05) is 12.1 Å². The van der Waals surface area contributed by atoms with Crippen LogP contribution in [0, 0.1) is 4.91 Å². The number of hydrogen-bond donors (Lipinski definition) is 1. The van der Waals surface area contributed by atoms with Gasteiger partial charge in [0, 0.05) is 5.33 Å². The van der Waals surface area contributed by atoms with Gasteiger partial charge in [-0.3, -0.25) is 0 Å². The third kappa shape index (κ3) is 8.31. The SMILES string of the molecule is O=NNc1ccc(CCCCCCCCCCBr)cc1. The Kier molecular flexibility index (Phi) is 10.2. The normalized spacial score (nSPS) is 10.4. The first-order chi connectivity index (χ1) is 9.86. The summed E-state index contributed by atoms with van der Waals surface area (Å²) in [6, 6.07) is 7.93. The third-order valence-corrected chi connectivity index (χ3v) is 4.04. The number of aryl methyl sites for hydroxylation is 1. The predicted molar refractivity (Wildman–Crippen MR) is 90.3 cm³/mol. The maximum absolute atomic E-state index is 10.1. The van der Waals surface area contributed by atoms with Gasteiger partial charge in [-0.15, -0.1) is 4.91 Å². The molecule has 1 rings (SSSR count). The standard InChI is InChI=1S/C16H25BrN2O/c17-14-8-6-4-2-1-3-5-7-9-15-10-12-16(13-11-15)18-19-20/h10-13H,1-9,14H2,(H,18,20). The lowest BCUT2D eigenvalue weighted by Gasteiger charge is -2.04. The molecule has 0 unspecified atom stereocenters. The number of nitrogens with zero attached hydrogens (tertiary/aromatic N) is 1. The molecule has 1 aromatic carbocycles. The molecular weight excluding hydrogens is 316 g/mol. The smallest absolute Gasteiger partial charge is 0.0594 e. The Labute approximate surface area is 130 Å². The minimum absolute atomic E-state index is 0.757. The van der Waals surface area contributed by atoms with Crippen LogP contribution >= 0.6 is 15.9 Å². The van der Waals surface area contributed by atoms with Crippen molar-refractivity contribution in [1.29, 1.82) is 0 Å². The molecule has 1 N–H and O–H groups in total. The van der Waals surface area contributed by atoms with Crippen LogP contribution in [0.3, 0.4) is 0 Å². The van der Waals surface area contributed by atoms with Crippen LogP contribution in [0.15, 0.2) is 29.6 Å². The fourth-order valence-corrected chi connectivity index (χ4v) is 2.68. The Hall–Kier alpha value is -0.900. The molecule has 20 heavy (non-hydrogen) atoms. The van der Waals surface area contributed by atoms with Crippen molar-refractivity contribution >= 4 is 21.6 Å². The van der Waals surface area contributed by atoms with Gasteiger partial charge in [0.25, 0.3) is 0 Å². The number of alkyl halides is 1. The van der Waals surface area contributed by atoms with Gasteiger partial charge in [-0.25, -0.2) is 5.43 Å². The van der Waals surface area contributed by atoms with Gasteiger partial charge in [0.05, 0.1) is 11.0 Å². The number of nitrogens with one attached hydrogen (secondary N) is 1. The Balaban J connectivity index is 1.99. The lowest BCUT2D eigenvalue weighted by atomic mass is 10.0. The Morgan fingerprint density at radius 1 is 0.850 bits per heavy atom. The second-order valence-corrected chi connectivity index (χ2v) is 5.96. The number of halogens is 1. The highest BCUT2D eigenvalue weighted by atomic mass is 79.9. The van der Waals surface area contributed by atoms with E-state index in [0.29, 0.717) is 0 Å². The van der Waals surface area contributed by atoms with Gasteiger partial charge in [0.2, 0.25) is 0 Å². The van der Waals surface area contributed by atoms with Gasteiger partial charge < -0.3 is 0 Å². The molecule has 0 saturated heterocycles. The van der Waals surface area contributed by atoms with Crippen LogP contribution < -0.4 is 5.43 Å². The van der Waals surface area contributed by atoms with Crippen LogP contribution in [0.1, 0.15) is 56.9 Å². The van der Waals surface area contributed by atoms with Gasteiger partial charge >= 0.3 is 0 Å². The Morgan fingerprint density at radius 2 is 1.40 bits per heavy atom. The van der Waals surface area contributed by atoms with E-state index in [4.69, 9.17) is 0 Å². The summed E-state index contributed by atoms with van der Waals surface area (Å²) in [5, 5.41) is 3.80. The molecule has 4 heteroatoms. The minimum atomic E-state index is 0.757. The van der Waals surface area contributed by atoms with E-state index in [2.05, 4.69) is 38.8 Å². The first-order valence-electron chi connectivity index (χ1n) is 7.60. The van der Waals surface area contributed by atoms with Gasteiger partial charge in [0.1, 0.15) is 0 Å². The van der Waals surface area contributed by atoms with E-state index < -0.39 is 0 Å². The van der Waals surface area contributed by atoms with Crippen molar-refractivity contribution in [1.82, 2.24) is 0 Å². The number of benzene rings is 1. The Morgan fingerprint density at radius 3 is 1.95 bits per heavy atom. The third-order valence-electron chi connectivity index (χ3n) is 3.48. The van der Waals surface area contributed by atoms with E-state index in [-0.39, 0.29) is 0 Å². The average molecular weight is 341 g/mol.